The molecule has 2 N–H and O–H groups in total. The van der Waals surface area contributed by atoms with Crippen LogP contribution in [-0.2, 0) is 0 Å². The second-order valence-electron chi connectivity index (χ2n) is 3.58. The maximum absolute atomic E-state index is 12.0. The second-order valence-corrected chi connectivity index (χ2v) is 3.58. The van der Waals surface area contributed by atoms with E-state index in [4.69, 9.17) is 4.74 Å². The monoisotopic (exact) mass is 262 g/mol. The van der Waals surface area contributed by atoms with Gasteiger partial charge in [-0.3, -0.25) is 20.0 Å². The summed E-state index contributed by atoms with van der Waals surface area (Å²) in [5, 5.41) is 19.5. The zero-order chi connectivity index (χ0) is 13.8. The third kappa shape index (κ3) is 2.68. The Kier molecular flexibility index (Phi) is 3.42. The number of H-pyrrole nitrogens is 1. The number of benzene rings is 1. The number of aromatic nitrogens is 2. The van der Waals surface area contributed by atoms with Crippen molar-refractivity contribution in [1.82, 2.24) is 10.2 Å². The fourth-order valence-corrected chi connectivity index (χ4v) is 1.50. The molecule has 0 radical (unpaired) electrons. The van der Waals surface area contributed by atoms with Gasteiger partial charge in [0.1, 0.15) is 5.75 Å². The van der Waals surface area contributed by atoms with Crippen molar-refractivity contribution in [1.29, 1.82) is 0 Å². The number of rotatable bonds is 4. The number of non-ortho nitro benzene ring substituents is 1. The zero-order valence-electron chi connectivity index (χ0n) is 9.91. The lowest BCUT2D eigenvalue weighted by molar-refractivity contribution is -0.384. The van der Waals surface area contributed by atoms with Crippen molar-refractivity contribution in [3.63, 3.8) is 0 Å². The Morgan fingerprint density at radius 2 is 2.32 bits per heavy atom. The number of hydrogen-bond acceptors (Lipinski definition) is 5. The van der Waals surface area contributed by atoms with Gasteiger partial charge in [-0.15, -0.1) is 0 Å². The summed E-state index contributed by atoms with van der Waals surface area (Å²) in [6, 6.07) is 3.78. The summed E-state index contributed by atoms with van der Waals surface area (Å²) in [7, 11) is 1.34. The van der Waals surface area contributed by atoms with E-state index in [0.29, 0.717) is 5.69 Å². The Hall–Kier alpha value is -2.90. The first-order valence-corrected chi connectivity index (χ1v) is 5.24. The molecule has 0 saturated carbocycles. The largest absolute Gasteiger partial charge is 0.496 e. The van der Waals surface area contributed by atoms with E-state index in [1.807, 2.05) is 0 Å². The van der Waals surface area contributed by atoms with Crippen molar-refractivity contribution in [2.24, 2.45) is 0 Å². The predicted molar refractivity (Wildman–Crippen MR) is 66.2 cm³/mol. The lowest BCUT2D eigenvalue weighted by Gasteiger charge is -2.07. The maximum Gasteiger partial charge on any atom is 0.273 e. The molecule has 1 aromatic carbocycles. The van der Waals surface area contributed by atoms with Crippen LogP contribution in [0.1, 0.15) is 10.4 Å². The number of nitro groups is 1. The number of carbonyl (C=O) groups is 1. The number of amides is 1. The Morgan fingerprint density at radius 3 is 2.89 bits per heavy atom. The number of carbonyl (C=O) groups excluding carboxylic acids is 1. The van der Waals surface area contributed by atoms with Crippen molar-refractivity contribution in [3.05, 3.63) is 46.3 Å². The molecule has 1 aromatic heterocycles. The van der Waals surface area contributed by atoms with Crippen LogP contribution in [0.4, 0.5) is 11.4 Å². The van der Waals surface area contributed by atoms with Crippen LogP contribution >= 0.6 is 0 Å². The van der Waals surface area contributed by atoms with Gasteiger partial charge in [0.2, 0.25) is 0 Å². The maximum atomic E-state index is 12.0. The van der Waals surface area contributed by atoms with Crippen LogP contribution in [0.25, 0.3) is 0 Å². The predicted octanol–water partition coefficient (Wildman–Crippen LogP) is 1.58. The summed E-state index contributed by atoms with van der Waals surface area (Å²) in [6.07, 6.45) is 2.95. The van der Waals surface area contributed by atoms with Crippen LogP contribution in [0.3, 0.4) is 0 Å². The minimum atomic E-state index is -0.555. The third-order valence-corrected chi connectivity index (χ3v) is 2.40. The highest BCUT2D eigenvalue weighted by atomic mass is 16.6. The van der Waals surface area contributed by atoms with E-state index in [0.717, 1.165) is 0 Å². The molecular weight excluding hydrogens is 252 g/mol. The van der Waals surface area contributed by atoms with Gasteiger partial charge in [-0.2, -0.15) is 5.10 Å². The van der Waals surface area contributed by atoms with Crippen LogP contribution in [0.2, 0.25) is 0 Å². The smallest absolute Gasteiger partial charge is 0.273 e. The molecule has 1 heterocycles. The highest BCUT2D eigenvalue weighted by Crippen LogP contribution is 2.25. The van der Waals surface area contributed by atoms with Crippen LogP contribution in [0, 0.1) is 10.1 Å². The van der Waals surface area contributed by atoms with Crippen molar-refractivity contribution < 1.29 is 14.5 Å². The van der Waals surface area contributed by atoms with Crippen molar-refractivity contribution in [3.8, 4) is 5.75 Å². The Bertz CT molecular complexity index is 609. The minimum Gasteiger partial charge on any atom is -0.496 e. The molecule has 0 spiro atoms. The Labute approximate surface area is 107 Å². The van der Waals surface area contributed by atoms with E-state index >= 15 is 0 Å². The normalized spacial score (nSPS) is 9.95. The van der Waals surface area contributed by atoms with Gasteiger partial charge < -0.3 is 10.1 Å². The number of ether oxygens (including phenoxy) is 1. The van der Waals surface area contributed by atoms with E-state index in [2.05, 4.69) is 15.5 Å². The Morgan fingerprint density at radius 1 is 1.53 bits per heavy atom. The molecule has 0 aliphatic rings. The molecular formula is C11H10N4O4. The van der Waals surface area contributed by atoms with Crippen LogP contribution in [-0.4, -0.2) is 28.1 Å². The molecule has 2 aromatic rings. The molecule has 1 amide bonds. The molecule has 0 aliphatic heterocycles. The van der Waals surface area contributed by atoms with Gasteiger partial charge in [0.15, 0.2) is 0 Å². The average Bonchev–Trinajstić information content (AvgIpc) is 2.90. The molecule has 0 atom stereocenters. The number of nitro benzene ring substituents is 1. The number of methoxy groups -OCH3 is 1. The van der Waals surface area contributed by atoms with Crippen molar-refractivity contribution >= 4 is 17.3 Å². The lowest BCUT2D eigenvalue weighted by Crippen LogP contribution is -2.12. The summed E-state index contributed by atoms with van der Waals surface area (Å²) in [6.45, 7) is 0. The highest BCUT2D eigenvalue weighted by molar-refractivity contribution is 6.06. The lowest BCUT2D eigenvalue weighted by atomic mass is 10.1. The number of hydrogen-bond donors (Lipinski definition) is 2. The standard InChI is InChI=1S/C11H10N4O4/c1-19-10-4-8(15(17)18)2-3-9(10)11(16)14-7-5-12-13-6-7/h2-6H,1H3,(H,12,13)(H,14,16). The van der Waals surface area contributed by atoms with Gasteiger partial charge >= 0.3 is 0 Å². The molecule has 0 unspecified atom stereocenters. The fraction of sp³-hybridized carbons (Fsp3) is 0.0909. The van der Waals surface area contributed by atoms with Gasteiger partial charge in [-0.05, 0) is 6.07 Å². The van der Waals surface area contributed by atoms with Crippen LogP contribution < -0.4 is 10.1 Å². The second kappa shape index (κ2) is 5.17. The molecule has 8 heteroatoms. The molecule has 2 rings (SSSR count). The van der Waals surface area contributed by atoms with Crippen molar-refractivity contribution in [2.45, 2.75) is 0 Å². The van der Waals surface area contributed by atoms with Crippen molar-refractivity contribution in [2.75, 3.05) is 12.4 Å². The molecule has 0 bridgehead atoms. The number of nitrogens with one attached hydrogen (secondary N) is 2. The van der Waals surface area contributed by atoms with Gasteiger partial charge in [0.05, 0.1) is 35.5 Å². The van der Waals surface area contributed by atoms with Gasteiger partial charge in [0, 0.05) is 12.3 Å². The summed E-state index contributed by atoms with van der Waals surface area (Å²) >= 11 is 0. The topological polar surface area (TPSA) is 110 Å². The summed E-state index contributed by atoms with van der Waals surface area (Å²) in [4.78, 5) is 22.1. The van der Waals surface area contributed by atoms with E-state index in [1.165, 1.54) is 37.7 Å². The van der Waals surface area contributed by atoms with Crippen LogP contribution in [0.5, 0.6) is 5.75 Å². The van der Waals surface area contributed by atoms with Crippen LogP contribution in [0.15, 0.2) is 30.6 Å². The minimum absolute atomic E-state index is 0.134. The van der Waals surface area contributed by atoms with Gasteiger partial charge in [-0.1, -0.05) is 0 Å². The SMILES string of the molecule is COc1cc([N+](=O)[O-])ccc1C(=O)Nc1cn[nH]c1. The van der Waals surface area contributed by atoms with E-state index in [9.17, 15) is 14.9 Å². The number of aromatic amines is 1. The summed E-state index contributed by atoms with van der Waals surface area (Å²) < 4.78 is 4.99. The fourth-order valence-electron chi connectivity index (χ4n) is 1.50. The van der Waals surface area contributed by atoms with E-state index < -0.39 is 10.8 Å². The first-order chi connectivity index (χ1) is 9.11. The van der Waals surface area contributed by atoms with Gasteiger partial charge in [-0.25, -0.2) is 0 Å². The highest BCUT2D eigenvalue weighted by Gasteiger charge is 2.17. The molecule has 0 aliphatic carbocycles. The average molecular weight is 262 g/mol. The quantitative estimate of drug-likeness (QED) is 0.642. The molecule has 0 saturated heterocycles. The van der Waals surface area contributed by atoms with E-state index in [1.54, 1.807) is 0 Å². The molecule has 8 nitrogen and oxygen atoms in total. The zero-order valence-corrected chi connectivity index (χ0v) is 9.91. The number of nitrogens with zero attached hydrogens (tertiary/aromatic N) is 2. The summed E-state index contributed by atoms with van der Waals surface area (Å²) in [5.74, 6) is -0.302. The third-order valence-electron chi connectivity index (χ3n) is 2.40. The first kappa shape index (κ1) is 12.6. The first-order valence-electron chi connectivity index (χ1n) is 5.24. The Balaban J connectivity index is 2.28. The molecule has 0 fully saturated rings. The molecule has 98 valence electrons. The molecule has 19 heavy (non-hydrogen) atoms. The number of anilines is 1. The summed E-state index contributed by atoms with van der Waals surface area (Å²) in [5.41, 5.74) is 0.552. The van der Waals surface area contributed by atoms with E-state index in [-0.39, 0.29) is 17.0 Å². The van der Waals surface area contributed by atoms with Gasteiger partial charge in [0.25, 0.3) is 11.6 Å².